The van der Waals surface area contributed by atoms with E-state index in [9.17, 15) is 0 Å². The third kappa shape index (κ3) is 2.43. The van der Waals surface area contributed by atoms with Crippen LogP contribution in [0.1, 0.15) is 6.42 Å². The summed E-state index contributed by atoms with van der Waals surface area (Å²) >= 11 is 6.03. The molecule has 0 amide bonds. The quantitative estimate of drug-likeness (QED) is 0.804. The molecule has 0 saturated heterocycles. The normalized spacial score (nSPS) is 25.9. The van der Waals surface area contributed by atoms with Crippen LogP contribution in [0, 0.1) is 0 Å². The van der Waals surface area contributed by atoms with Crippen molar-refractivity contribution in [3.8, 4) is 11.7 Å². The largest absolute Gasteiger partial charge is 0.456 e. The molecule has 1 aromatic carbocycles. The van der Waals surface area contributed by atoms with Crippen LogP contribution in [-0.4, -0.2) is 39.5 Å². The molecule has 1 heterocycles. The van der Waals surface area contributed by atoms with E-state index in [4.69, 9.17) is 21.1 Å². The van der Waals surface area contributed by atoms with Gasteiger partial charge in [0.15, 0.2) is 0 Å². The summed E-state index contributed by atoms with van der Waals surface area (Å²) < 4.78 is 12.6. The Morgan fingerprint density at radius 2 is 2.11 bits per heavy atom. The Hall–Kier alpha value is -1.59. The molecule has 1 fully saturated rings. The smallest absolute Gasteiger partial charge is 0.336 e. The van der Waals surface area contributed by atoms with Gasteiger partial charge in [-0.2, -0.15) is 4.98 Å². The molecule has 100 valence electrons. The van der Waals surface area contributed by atoms with Gasteiger partial charge in [-0.05, 0) is 12.1 Å². The second kappa shape index (κ2) is 5.19. The predicted molar refractivity (Wildman–Crippen MR) is 70.8 cm³/mol. The van der Waals surface area contributed by atoms with Crippen molar-refractivity contribution in [1.29, 1.82) is 0 Å². The van der Waals surface area contributed by atoms with E-state index in [0.717, 1.165) is 12.1 Å². The van der Waals surface area contributed by atoms with Gasteiger partial charge in [-0.25, -0.2) is 4.68 Å². The Bertz CT molecular complexity index is 546. The van der Waals surface area contributed by atoms with Gasteiger partial charge in [0.25, 0.3) is 0 Å². The summed E-state index contributed by atoms with van der Waals surface area (Å²) in [4.78, 5) is 4.14. The molecule has 0 spiro atoms. The van der Waals surface area contributed by atoms with E-state index in [1.165, 1.54) is 0 Å². The number of methoxy groups -OCH3 is 1. The fourth-order valence-corrected chi connectivity index (χ4v) is 2.52. The van der Waals surface area contributed by atoms with Gasteiger partial charge >= 0.3 is 6.01 Å². The minimum absolute atomic E-state index is 0.00575. The van der Waals surface area contributed by atoms with Crippen LogP contribution < -0.4 is 4.74 Å². The maximum Gasteiger partial charge on any atom is 0.336 e. The second-order valence-electron chi connectivity index (χ2n) is 4.42. The topological polar surface area (TPSA) is 49.2 Å². The Balaban J connectivity index is 1.69. The highest BCUT2D eigenvalue weighted by Gasteiger charge is 2.42. The molecule has 3 atom stereocenters. The standard InChI is InChI=1S/C13H14ClN3O2/c1-18-12-10(14)7-11(12)19-13-15-8-17(16-13)9-5-3-2-4-6-9/h2-6,8,10-12H,7H2,1H3. The van der Waals surface area contributed by atoms with Crippen molar-refractivity contribution in [3.05, 3.63) is 36.7 Å². The molecule has 1 saturated carbocycles. The molecule has 0 aliphatic heterocycles. The second-order valence-corrected chi connectivity index (χ2v) is 4.98. The molecule has 0 N–H and O–H groups in total. The van der Waals surface area contributed by atoms with E-state index < -0.39 is 0 Å². The fourth-order valence-electron chi connectivity index (χ4n) is 2.08. The minimum Gasteiger partial charge on any atom is -0.456 e. The van der Waals surface area contributed by atoms with Gasteiger partial charge in [0.2, 0.25) is 0 Å². The number of benzene rings is 1. The number of alkyl halides is 1. The van der Waals surface area contributed by atoms with Gasteiger partial charge in [-0.1, -0.05) is 18.2 Å². The Labute approximate surface area is 116 Å². The van der Waals surface area contributed by atoms with Crippen LogP contribution >= 0.6 is 11.6 Å². The maximum absolute atomic E-state index is 6.03. The number of aromatic nitrogens is 3. The van der Waals surface area contributed by atoms with E-state index >= 15 is 0 Å². The lowest BCUT2D eigenvalue weighted by molar-refractivity contribution is -0.0618. The highest BCUT2D eigenvalue weighted by atomic mass is 35.5. The number of rotatable bonds is 4. The summed E-state index contributed by atoms with van der Waals surface area (Å²) in [6.45, 7) is 0. The SMILES string of the molecule is COC1C(Cl)CC1Oc1ncn(-c2ccccc2)n1. The molecule has 2 aromatic rings. The highest BCUT2D eigenvalue weighted by molar-refractivity contribution is 6.21. The zero-order chi connectivity index (χ0) is 13.2. The van der Waals surface area contributed by atoms with Crippen molar-refractivity contribution < 1.29 is 9.47 Å². The zero-order valence-electron chi connectivity index (χ0n) is 10.4. The van der Waals surface area contributed by atoms with Crippen LogP contribution in [0.2, 0.25) is 0 Å². The zero-order valence-corrected chi connectivity index (χ0v) is 11.2. The fraction of sp³-hybridized carbons (Fsp3) is 0.385. The number of nitrogens with zero attached hydrogens (tertiary/aromatic N) is 3. The molecule has 6 heteroatoms. The monoisotopic (exact) mass is 279 g/mol. The van der Waals surface area contributed by atoms with Crippen molar-refractivity contribution in [2.24, 2.45) is 0 Å². The molecular formula is C13H14ClN3O2. The number of hydrogen-bond donors (Lipinski definition) is 0. The molecule has 1 aliphatic carbocycles. The Morgan fingerprint density at radius 1 is 1.32 bits per heavy atom. The molecule has 3 rings (SSSR count). The number of hydrogen-bond acceptors (Lipinski definition) is 4. The minimum atomic E-state index is -0.0923. The Morgan fingerprint density at radius 3 is 2.79 bits per heavy atom. The van der Waals surface area contributed by atoms with Crippen LogP contribution in [0.3, 0.4) is 0 Å². The maximum atomic E-state index is 6.03. The summed E-state index contributed by atoms with van der Waals surface area (Å²) in [5.41, 5.74) is 0.942. The first-order valence-electron chi connectivity index (χ1n) is 6.08. The lowest BCUT2D eigenvalue weighted by Gasteiger charge is -2.38. The van der Waals surface area contributed by atoms with Crippen molar-refractivity contribution in [2.45, 2.75) is 24.0 Å². The van der Waals surface area contributed by atoms with Gasteiger partial charge in [0.05, 0.1) is 11.1 Å². The van der Waals surface area contributed by atoms with Gasteiger partial charge in [0.1, 0.15) is 18.5 Å². The summed E-state index contributed by atoms with van der Waals surface area (Å²) in [5.74, 6) is 0. The predicted octanol–water partition coefficient (Wildman–Crippen LogP) is 2.04. The molecule has 0 bridgehead atoms. The van der Waals surface area contributed by atoms with Crippen LogP contribution in [-0.2, 0) is 4.74 Å². The van der Waals surface area contributed by atoms with E-state index in [2.05, 4.69) is 10.1 Å². The van der Waals surface area contributed by atoms with Gasteiger partial charge < -0.3 is 9.47 Å². The third-order valence-electron chi connectivity index (χ3n) is 3.20. The van der Waals surface area contributed by atoms with Crippen LogP contribution in [0.25, 0.3) is 5.69 Å². The summed E-state index contributed by atoms with van der Waals surface area (Å²) in [5, 5.41) is 4.29. The molecule has 5 nitrogen and oxygen atoms in total. The van der Waals surface area contributed by atoms with Crippen molar-refractivity contribution in [3.63, 3.8) is 0 Å². The van der Waals surface area contributed by atoms with Crippen molar-refractivity contribution in [2.75, 3.05) is 7.11 Å². The highest BCUT2D eigenvalue weighted by Crippen LogP contribution is 2.31. The summed E-state index contributed by atoms with van der Waals surface area (Å²) in [7, 11) is 1.63. The molecule has 19 heavy (non-hydrogen) atoms. The van der Waals surface area contributed by atoms with Crippen molar-refractivity contribution in [1.82, 2.24) is 14.8 Å². The van der Waals surface area contributed by atoms with Gasteiger partial charge in [-0.15, -0.1) is 16.7 Å². The van der Waals surface area contributed by atoms with E-state index in [-0.39, 0.29) is 17.6 Å². The third-order valence-corrected chi connectivity index (χ3v) is 3.63. The average molecular weight is 280 g/mol. The molecule has 1 aromatic heterocycles. The van der Waals surface area contributed by atoms with Crippen molar-refractivity contribution >= 4 is 11.6 Å². The lowest BCUT2D eigenvalue weighted by Crippen LogP contribution is -2.52. The average Bonchev–Trinajstić information content (AvgIpc) is 2.88. The first-order chi connectivity index (χ1) is 9.28. The van der Waals surface area contributed by atoms with Crippen LogP contribution in [0.5, 0.6) is 6.01 Å². The van der Waals surface area contributed by atoms with Crippen LogP contribution in [0.15, 0.2) is 36.7 Å². The number of halogens is 1. The molecule has 0 radical (unpaired) electrons. The van der Waals surface area contributed by atoms with Crippen LogP contribution in [0.4, 0.5) is 0 Å². The first kappa shape index (κ1) is 12.4. The molecule has 1 aliphatic rings. The van der Waals surface area contributed by atoms with E-state index in [0.29, 0.717) is 6.01 Å². The Kier molecular flexibility index (Phi) is 3.40. The molecular weight excluding hydrogens is 266 g/mol. The van der Waals surface area contributed by atoms with E-state index in [1.807, 2.05) is 30.3 Å². The molecule has 3 unspecified atom stereocenters. The summed E-state index contributed by atoms with van der Waals surface area (Å²) in [6.07, 6.45) is 2.22. The number of ether oxygens (including phenoxy) is 2. The lowest BCUT2D eigenvalue weighted by atomic mass is 9.91. The van der Waals surface area contributed by atoms with Gasteiger partial charge in [-0.3, -0.25) is 0 Å². The van der Waals surface area contributed by atoms with E-state index in [1.54, 1.807) is 18.1 Å². The first-order valence-corrected chi connectivity index (χ1v) is 6.52. The number of para-hydroxylation sites is 1. The summed E-state index contributed by atoms with van der Waals surface area (Å²) in [6, 6.07) is 10.1. The van der Waals surface area contributed by atoms with Gasteiger partial charge in [0, 0.05) is 13.5 Å².